The van der Waals surface area contributed by atoms with Gasteiger partial charge in [-0.25, -0.2) is 0 Å². The van der Waals surface area contributed by atoms with Gasteiger partial charge in [0.15, 0.2) is 0 Å². The molecule has 74 valence electrons. The number of carbonyl (C=O) groups is 2. The molecule has 0 radical (unpaired) electrons. The van der Waals surface area contributed by atoms with E-state index in [0.717, 1.165) is 0 Å². The van der Waals surface area contributed by atoms with Crippen LogP contribution in [0.2, 0.25) is 0 Å². The zero-order valence-corrected chi connectivity index (χ0v) is 7.78. The summed E-state index contributed by atoms with van der Waals surface area (Å²) in [6.07, 6.45) is 0.575. The first-order valence-electron chi connectivity index (χ1n) is 4.30. The van der Waals surface area contributed by atoms with Crippen LogP contribution in [0, 0.1) is 17.3 Å². The molecular weight excluding hydrogens is 172 g/mol. The Morgan fingerprint density at radius 2 is 1.92 bits per heavy atom. The van der Waals surface area contributed by atoms with Gasteiger partial charge in [-0.3, -0.25) is 9.59 Å². The highest BCUT2D eigenvalue weighted by Crippen LogP contribution is 2.52. The van der Waals surface area contributed by atoms with Crippen molar-refractivity contribution in [1.29, 1.82) is 0 Å². The summed E-state index contributed by atoms with van der Waals surface area (Å²) in [5.41, 5.74) is -0.371. The van der Waals surface area contributed by atoms with Crippen molar-refractivity contribution < 1.29 is 19.8 Å². The quantitative estimate of drug-likeness (QED) is 0.694. The van der Waals surface area contributed by atoms with Crippen molar-refractivity contribution >= 4 is 11.9 Å². The number of hydrogen-bond donors (Lipinski definition) is 2. The summed E-state index contributed by atoms with van der Waals surface area (Å²) < 4.78 is 0. The first-order valence-corrected chi connectivity index (χ1v) is 4.30. The van der Waals surface area contributed by atoms with Crippen molar-refractivity contribution in [2.75, 3.05) is 0 Å². The first-order chi connectivity index (χ1) is 5.85. The van der Waals surface area contributed by atoms with Gasteiger partial charge < -0.3 is 10.2 Å². The summed E-state index contributed by atoms with van der Waals surface area (Å²) in [4.78, 5) is 21.1. The third-order valence-electron chi connectivity index (χ3n) is 3.19. The molecule has 0 amide bonds. The molecule has 0 spiro atoms. The van der Waals surface area contributed by atoms with E-state index in [9.17, 15) is 9.59 Å². The molecule has 0 aliphatic heterocycles. The lowest BCUT2D eigenvalue weighted by molar-refractivity contribution is -0.163. The van der Waals surface area contributed by atoms with Crippen LogP contribution in [0.5, 0.6) is 0 Å². The first kappa shape index (κ1) is 10.0. The van der Waals surface area contributed by atoms with E-state index >= 15 is 0 Å². The van der Waals surface area contributed by atoms with Crippen molar-refractivity contribution in [1.82, 2.24) is 0 Å². The predicted molar refractivity (Wildman–Crippen MR) is 45.3 cm³/mol. The van der Waals surface area contributed by atoms with Crippen molar-refractivity contribution in [2.45, 2.75) is 26.7 Å². The molecule has 2 atom stereocenters. The molecule has 1 saturated carbocycles. The highest BCUT2D eigenvalue weighted by Gasteiger charge is 2.52. The van der Waals surface area contributed by atoms with Gasteiger partial charge in [0.1, 0.15) is 0 Å². The highest BCUT2D eigenvalue weighted by molar-refractivity contribution is 5.74. The standard InChI is InChI=1S/C9H14O4/c1-9(2)5(4-7(10)11)3-6(9)8(12)13/h5-6H,3-4H2,1-2H3,(H,10,11)(H,12,13)/t5-,6+/m1/s1. The zero-order chi connectivity index (χ0) is 10.2. The third-order valence-corrected chi connectivity index (χ3v) is 3.19. The molecule has 1 fully saturated rings. The van der Waals surface area contributed by atoms with Gasteiger partial charge in [0.05, 0.1) is 5.92 Å². The van der Waals surface area contributed by atoms with Gasteiger partial charge in [0, 0.05) is 6.42 Å². The molecule has 2 N–H and O–H groups in total. The summed E-state index contributed by atoms with van der Waals surface area (Å²) >= 11 is 0. The van der Waals surface area contributed by atoms with E-state index in [1.807, 2.05) is 13.8 Å². The topological polar surface area (TPSA) is 74.6 Å². The van der Waals surface area contributed by atoms with Crippen LogP contribution in [0.4, 0.5) is 0 Å². The van der Waals surface area contributed by atoms with Crippen molar-refractivity contribution in [3.8, 4) is 0 Å². The molecule has 0 aromatic carbocycles. The molecule has 1 aliphatic rings. The molecular formula is C9H14O4. The summed E-state index contributed by atoms with van der Waals surface area (Å²) in [6, 6.07) is 0. The van der Waals surface area contributed by atoms with Crippen LogP contribution in [0.1, 0.15) is 26.7 Å². The third kappa shape index (κ3) is 1.66. The van der Waals surface area contributed by atoms with Gasteiger partial charge in [-0.1, -0.05) is 13.8 Å². The molecule has 1 aliphatic carbocycles. The molecule has 4 nitrogen and oxygen atoms in total. The van der Waals surface area contributed by atoms with Gasteiger partial charge >= 0.3 is 11.9 Å². The molecule has 4 heteroatoms. The number of aliphatic carboxylic acids is 2. The second-order valence-corrected chi connectivity index (χ2v) is 4.24. The summed E-state index contributed by atoms with van der Waals surface area (Å²) in [6.45, 7) is 3.64. The van der Waals surface area contributed by atoms with Crippen molar-refractivity contribution in [3.63, 3.8) is 0 Å². The van der Waals surface area contributed by atoms with Gasteiger partial charge in [-0.2, -0.15) is 0 Å². The summed E-state index contributed by atoms with van der Waals surface area (Å²) in [5, 5.41) is 17.3. The molecule has 0 unspecified atom stereocenters. The molecule has 13 heavy (non-hydrogen) atoms. The van der Waals surface area contributed by atoms with E-state index in [1.54, 1.807) is 0 Å². The van der Waals surface area contributed by atoms with Crippen LogP contribution >= 0.6 is 0 Å². The van der Waals surface area contributed by atoms with E-state index in [0.29, 0.717) is 6.42 Å². The van der Waals surface area contributed by atoms with Crippen LogP contribution in [0.3, 0.4) is 0 Å². The largest absolute Gasteiger partial charge is 0.481 e. The van der Waals surface area contributed by atoms with Crippen LogP contribution < -0.4 is 0 Å². The normalized spacial score (nSPS) is 30.6. The minimum Gasteiger partial charge on any atom is -0.481 e. The molecule has 1 rings (SSSR count). The van der Waals surface area contributed by atoms with Crippen molar-refractivity contribution in [3.05, 3.63) is 0 Å². The lowest BCUT2D eigenvalue weighted by atomic mass is 9.54. The second-order valence-electron chi connectivity index (χ2n) is 4.24. The Morgan fingerprint density at radius 3 is 2.23 bits per heavy atom. The maximum Gasteiger partial charge on any atom is 0.307 e. The fourth-order valence-electron chi connectivity index (χ4n) is 1.99. The number of hydrogen-bond acceptors (Lipinski definition) is 2. The molecule has 0 bridgehead atoms. The SMILES string of the molecule is CC1(C)[C@@H](CC(=O)O)C[C@H]1C(=O)O. The number of carboxylic acids is 2. The van der Waals surface area contributed by atoms with Gasteiger partial charge in [-0.05, 0) is 17.8 Å². The molecule has 0 aromatic heterocycles. The van der Waals surface area contributed by atoms with Crippen LogP contribution in [-0.4, -0.2) is 22.2 Å². The van der Waals surface area contributed by atoms with Crippen LogP contribution in [0.15, 0.2) is 0 Å². The van der Waals surface area contributed by atoms with E-state index in [4.69, 9.17) is 10.2 Å². The lowest BCUT2D eigenvalue weighted by Gasteiger charge is -2.49. The second kappa shape index (κ2) is 3.01. The Bertz CT molecular complexity index is 244. The Hall–Kier alpha value is -1.06. The molecule has 0 heterocycles. The molecule has 0 saturated heterocycles. The average Bonchev–Trinajstić information content (AvgIpc) is 1.96. The van der Waals surface area contributed by atoms with Gasteiger partial charge in [-0.15, -0.1) is 0 Å². The van der Waals surface area contributed by atoms with E-state index < -0.39 is 11.9 Å². The maximum absolute atomic E-state index is 10.7. The van der Waals surface area contributed by atoms with Crippen molar-refractivity contribution in [2.24, 2.45) is 17.3 Å². The maximum atomic E-state index is 10.7. The Kier molecular flexibility index (Phi) is 2.32. The van der Waals surface area contributed by atoms with E-state index in [2.05, 4.69) is 0 Å². The number of rotatable bonds is 3. The summed E-state index contributed by atoms with van der Waals surface area (Å²) in [5.74, 6) is -2.03. The Balaban J connectivity index is 2.59. The van der Waals surface area contributed by atoms with E-state index in [-0.39, 0.29) is 23.7 Å². The minimum atomic E-state index is -0.845. The minimum absolute atomic E-state index is 0.00565. The smallest absolute Gasteiger partial charge is 0.307 e. The van der Waals surface area contributed by atoms with E-state index in [1.165, 1.54) is 0 Å². The summed E-state index contributed by atoms with van der Waals surface area (Å²) in [7, 11) is 0. The average molecular weight is 186 g/mol. The van der Waals surface area contributed by atoms with Crippen LogP contribution in [-0.2, 0) is 9.59 Å². The number of carboxylic acid groups (broad SMARTS) is 2. The van der Waals surface area contributed by atoms with Gasteiger partial charge in [0.2, 0.25) is 0 Å². The Morgan fingerprint density at radius 1 is 1.38 bits per heavy atom. The monoisotopic (exact) mass is 186 g/mol. The fourth-order valence-corrected chi connectivity index (χ4v) is 1.99. The van der Waals surface area contributed by atoms with Crippen LogP contribution in [0.25, 0.3) is 0 Å². The lowest BCUT2D eigenvalue weighted by Crippen LogP contribution is -2.49. The Labute approximate surface area is 76.6 Å². The fraction of sp³-hybridized carbons (Fsp3) is 0.778. The highest BCUT2D eigenvalue weighted by atomic mass is 16.4. The zero-order valence-electron chi connectivity index (χ0n) is 7.78. The molecule has 0 aromatic rings. The van der Waals surface area contributed by atoms with Gasteiger partial charge in [0.25, 0.3) is 0 Å². The predicted octanol–water partition coefficient (Wildman–Crippen LogP) is 1.21.